The molecular formula is C18H23N5OS. The Morgan fingerprint density at radius 2 is 2.20 bits per heavy atom. The van der Waals surface area contributed by atoms with Gasteiger partial charge in [-0.2, -0.15) is 5.26 Å². The molecule has 0 fully saturated rings. The number of nitrogens with zero attached hydrogens (tertiary/aromatic N) is 4. The maximum absolute atomic E-state index is 12.1. The first-order chi connectivity index (χ1) is 12.0. The molecule has 6 nitrogen and oxygen atoms in total. The number of thioether (sulfide) groups is 1. The number of aryl methyl sites for hydroxylation is 1. The summed E-state index contributed by atoms with van der Waals surface area (Å²) in [6.07, 6.45) is 3.55. The molecule has 25 heavy (non-hydrogen) atoms. The Labute approximate surface area is 152 Å². The van der Waals surface area contributed by atoms with Gasteiger partial charge in [-0.05, 0) is 36.8 Å². The summed E-state index contributed by atoms with van der Waals surface area (Å²) in [7, 11) is 0. The topological polar surface area (TPSA) is 83.6 Å². The highest BCUT2D eigenvalue weighted by Crippen LogP contribution is 2.16. The van der Waals surface area contributed by atoms with E-state index in [9.17, 15) is 4.79 Å². The third-order valence-corrected chi connectivity index (χ3v) is 4.31. The fourth-order valence-electron chi connectivity index (χ4n) is 2.48. The molecule has 2 rings (SSSR count). The summed E-state index contributed by atoms with van der Waals surface area (Å²) in [5.74, 6) is 1.32. The summed E-state index contributed by atoms with van der Waals surface area (Å²) in [6, 6.07) is 8.74. The van der Waals surface area contributed by atoms with Crippen molar-refractivity contribution in [2.24, 2.45) is 5.92 Å². The van der Waals surface area contributed by atoms with E-state index in [1.807, 2.05) is 12.3 Å². The lowest BCUT2D eigenvalue weighted by Crippen LogP contribution is -2.25. The van der Waals surface area contributed by atoms with Gasteiger partial charge in [0.1, 0.15) is 5.82 Å². The third kappa shape index (κ3) is 5.33. The fourth-order valence-corrected chi connectivity index (χ4v) is 3.01. The Balaban J connectivity index is 1.88. The van der Waals surface area contributed by atoms with E-state index in [0.29, 0.717) is 23.6 Å². The Hall–Kier alpha value is -2.33. The van der Waals surface area contributed by atoms with E-state index in [0.717, 1.165) is 30.4 Å². The molecule has 1 N–H and O–H groups in total. The second-order valence-corrected chi connectivity index (χ2v) is 6.93. The summed E-state index contributed by atoms with van der Waals surface area (Å²) >= 11 is 1.60. The number of benzene rings is 1. The van der Waals surface area contributed by atoms with Crippen molar-refractivity contribution in [2.75, 3.05) is 12.8 Å². The first kappa shape index (κ1) is 19.0. The van der Waals surface area contributed by atoms with E-state index in [1.165, 1.54) is 0 Å². The van der Waals surface area contributed by atoms with Gasteiger partial charge in [0.25, 0.3) is 5.91 Å². The van der Waals surface area contributed by atoms with Gasteiger partial charge in [0.2, 0.25) is 0 Å². The van der Waals surface area contributed by atoms with Crippen molar-refractivity contribution in [1.29, 1.82) is 5.26 Å². The van der Waals surface area contributed by atoms with E-state index >= 15 is 0 Å². The zero-order valence-electron chi connectivity index (χ0n) is 14.8. The van der Waals surface area contributed by atoms with E-state index in [4.69, 9.17) is 5.26 Å². The summed E-state index contributed by atoms with van der Waals surface area (Å²) in [5, 5.41) is 21.2. The van der Waals surface area contributed by atoms with Gasteiger partial charge in [0, 0.05) is 25.1 Å². The predicted octanol–water partition coefficient (Wildman–Crippen LogP) is 2.89. The summed E-state index contributed by atoms with van der Waals surface area (Å²) in [4.78, 5) is 12.1. The lowest BCUT2D eigenvalue weighted by atomic mass is 10.1. The Morgan fingerprint density at radius 1 is 1.40 bits per heavy atom. The van der Waals surface area contributed by atoms with Crippen molar-refractivity contribution in [2.45, 2.75) is 38.4 Å². The molecule has 0 unspecified atom stereocenters. The maximum atomic E-state index is 12.1. The zero-order valence-corrected chi connectivity index (χ0v) is 15.6. The molecule has 132 valence electrons. The molecule has 2 aromatic rings. The molecule has 0 radical (unpaired) electrons. The number of carbonyl (C=O) groups excluding carboxylic acids is 1. The first-order valence-corrected chi connectivity index (χ1v) is 9.52. The van der Waals surface area contributed by atoms with Crippen LogP contribution in [0.2, 0.25) is 0 Å². The minimum Gasteiger partial charge on any atom is -0.352 e. The molecule has 0 atom stereocenters. The molecule has 1 aromatic heterocycles. The number of hydrogen-bond acceptors (Lipinski definition) is 5. The second-order valence-electron chi connectivity index (χ2n) is 6.16. The molecule has 1 heterocycles. The van der Waals surface area contributed by atoms with Crippen LogP contribution in [0, 0.1) is 17.2 Å². The average molecular weight is 357 g/mol. The average Bonchev–Trinajstić information content (AvgIpc) is 2.99. The Bertz CT molecular complexity index is 763. The summed E-state index contributed by atoms with van der Waals surface area (Å²) in [6.45, 7) is 5.79. The number of nitrogens with one attached hydrogen (secondary N) is 1. The van der Waals surface area contributed by atoms with Crippen molar-refractivity contribution in [3.63, 3.8) is 0 Å². The molecule has 1 aromatic carbocycles. The van der Waals surface area contributed by atoms with Crippen LogP contribution >= 0.6 is 11.8 Å². The maximum Gasteiger partial charge on any atom is 0.251 e. The van der Waals surface area contributed by atoms with Gasteiger partial charge in [0.15, 0.2) is 5.16 Å². The molecule has 0 spiro atoms. The fraction of sp³-hybridized carbons (Fsp3) is 0.444. The number of hydrogen-bond donors (Lipinski definition) is 1. The second kappa shape index (κ2) is 9.23. The molecule has 0 saturated carbocycles. The van der Waals surface area contributed by atoms with Crippen molar-refractivity contribution >= 4 is 17.7 Å². The number of carbonyl (C=O) groups is 1. The van der Waals surface area contributed by atoms with E-state index in [-0.39, 0.29) is 5.91 Å². The highest BCUT2D eigenvalue weighted by molar-refractivity contribution is 7.98. The van der Waals surface area contributed by atoms with Gasteiger partial charge in [-0.3, -0.25) is 4.79 Å². The van der Waals surface area contributed by atoms with Gasteiger partial charge < -0.3 is 9.88 Å². The van der Waals surface area contributed by atoms with Gasteiger partial charge in [0.05, 0.1) is 11.6 Å². The molecule has 0 aliphatic heterocycles. The van der Waals surface area contributed by atoms with Crippen LogP contribution < -0.4 is 5.32 Å². The van der Waals surface area contributed by atoms with Gasteiger partial charge in [-0.15, -0.1) is 10.2 Å². The van der Waals surface area contributed by atoms with Crippen LogP contribution in [0.25, 0.3) is 0 Å². The van der Waals surface area contributed by atoms with Crippen LogP contribution in [0.1, 0.15) is 42.0 Å². The number of amides is 1. The lowest BCUT2D eigenvalue weighted by Gasteiger charge is -2.11. The van der Waals surface area contributed by atoms with Crippen LogP contribution in [0.15, 0.2) is 29.4 Å². The van der Waals surface area contributed by atoms with Crippen LogP contribution in [0.3, 0.4) is 0 Å². The highest BCUT2D eigenvalue weighted by Gasteiger charge is 2.12. The van der Waals surface area contributed by atoms with Crippen LogP contribution in [-0.2, 0) is 13.0 Å². The van der Waals surface area contributed by atoms with Gasteiger partial charge in [-0.1, -0.05) is 31.7 Å². The molecule has 1 amide bonds. The predicted molar refractivity (Wildman–Crippen MR) is 98.5 cm³/mol. The number of nitriles is 1. The van der Waals surface area contributed by atoms with Gasteiger partial charge in [-0.25, -0.2) is 0 Å². The molecule has 0 saturated heterocycles. The summed E-state index contributed by atoms with van der Waals surface area (Å²) < 4.78 is 2.16. The molecule has 7 heteroatoms. The van der Waals surface area contributed by atoms with Crippen LogP contribution in [-0.4, -0.2) is 33.5 Å². The SMILES string of the molecule is CSc1nnc(CCCNC(=O)c2cccc(C#N)c2)n1CC(C)C. The molecule has 0 aliphatic rings. The van der Waals surface area contributed by atoms with Crippen molar-refractivity contribution < 1.29 is 4.79 Å². The van der Waals surface area contributed by atoms with Crippen LogP contribution in [0.4, 0.5) is 0 Å². The molecule has 0 bridgehead atoms. The van der Waals surface area contributed by atoms with E-state index in [2.05, 4.69) is 33.9 Å². The number of aromatic nitrogens is 3. The van der Waals surface area contributed by atoms with E-state index < -0.39 is 0 Å². The van der Waals surface area contributed by atoms with Crippen molar-refractivity contribution in [1.82, 2.24) is 20.1 Å². The highest BCUT2D eigenvalue weighted by atomic mass is 32.2. The smallest absolute Gasteiger partial charge is 0.251 e. The normalized spacial score (nSPS) is 10.7. The largest absolute Gasteiger partial charge is 0.352 e. The molecular weight excluding hydrogens is 334 g/mol. The minimum absolute atomic E-state index is 0.162. The Kier molecular flexibility index (Phi) is 7.02. The Morgan fingerprint density at radius 3 is 2.88 bits per heavy atom. The minimum atomic E-state index is -0.162. The zero-order chi connectivity index (χ0) is 18.2. The van der Waals surface area contributed by atoms with Crippen LogP contribution in [0.5, 0.6) is 0 Å². The number of rotatable bonds is 8. The molecule has 0 aliphatic carbocycles. The summed E-state index contributed by atoms with van der Waals surface area (Å²) in [5.41, 5.74) is 0.991. The third-order valence-electron chi connectivity index (χ3n) is 3.64. The quantitative estimate of drug-likeness (QED) is 0.580. The van der Waals surface area contributed by atoms with E-state index in [1.54, 1.807) is 36.0 Å². The van der Waals surface area contributed by atoms with Crippen molar-refractivity contribution in [3.8, 4) is 6.07 Å². The standard InChI is InChI=1S/C18H23N5OS/c1-13(2)12-23-16(21-22-18(23)25-3)8-5-9-20-17(24)15-7-4-6-14(10-15)11-19/h4,6-7,10,13H,5,8-9,12H2,1-3H3,(H,20,24). The monoisotopic (exact) mass is 357 g/mol. The van der Waals surface area contributed by atoms with Gasteiger partial charge >= 0.3 is 0 Å². The lowest BCUT2D eigenvalue weighted by molar-refractivity contribution is 0.0953. The first-order valence-electron chi connectivity index (χ1n) is 8.29. The van der Waals surface area contributed by atoms with Crippen molar-refractivity contribution in [3.05, 3.63) is 41.2 Å².